The fourth-order valence-corrected chi connectivity index (χ4v) is 5.54. The predicted molar refractivity (Wildman–Crippen MR) is 140 cm³/mol. The second-order valence-electron chi connectivity index (χ2n) is 8.84. The van der Waals surface area contributed by atoms with Crippen molar-refractivity contribution in [3.05, 3.63) is 47.5 Å². The van der Waals surface area contributed by atoms with Crippen LogP contribution < -0.4 is 13.8 Å². The van der Waals surface area contributed by atoms with Gasteiger partial charge < -0.3 is 14.6 Å². The summed E-state index contributed by atoms with van der Waals surface area (Å²) in [4.78, 5) is 8.72. The van der Waals surface area contributed by atoms with Crippen LogP contribution >= 0.6 is 11.3 Å². The molecule has 2 aromatic carbocycles. The smallest absolute Gasteiger partial charge is 0.491 e. The van der Waals surface area contributed by atoms with Gasteiger partial charge in [0.15, 0.2) is 0 Å². The molecule has 2 unspecified atom stereocenters. The summed E-state index contributed by atoms with van der Waals surface area (Å²) in [5.41, 5.74) is 1.19. The molecule has 14 heteroatoms. The molecule has 2 atom stereocenters. The van der Waals surface area contributed by atoms with Gasteiger partial charge in [0.25, 0.3) is 11.3 Å². The molecule has 0 bridgehead atoms. The number of aliphatic hydroxyl groups excluding tert-OH is 1. The number of β-amino-alcohol motifs (C(OH)–C–C–N with tert-alkyl or cyclic N) is 1. The molecule has 1 aliphatic rings. The molecule has 38 heavy (non-hydrogen) atoms. The predicted octanol–water partition coefficient (Wildman–Crippen LogP) is 3.50. The summed E-state index contributed by atoms with van der Waals surface area (Å²) >= 11 is -0.721. The van der Waals surface area contributed by atoms with Gasteiger partial charge in [-0.05, 0) is 43.3 Å². The molecule has 3 aromatic rings. The van der Waals surface area contributed by atoms with Crippen LogP contribution in [0.15, 0.2) is 42.5 Å². The molecular formula is C24H29F3N4O5S2. The van der Waals surface area contributed by atoms with E-state index in [1.165, 1.54) is 16.4 Å². The maximum absolute atomic E-state index is 12.4. The first kappa shape index (κ1) is 28.5. The lowest BCUT2D eigenvalue weighted by Crippen LogP contribution is -2.50. The first-order chi connectivity index (χ1) is 18.1. The SMILES string of the molecule is Cc1nc2cc(OCC(O)CN3CCN(CCN(c4ccc(OC(F)(F)F)cc4)S(=O)O)CC3)ccc2s1. The molecule has 208 valence electrons. The molecule has 2 N–H and O–H groups in total. The number of alkyl halides is 3. The third-order valence-electron chi connectivity index (χ3n) is 6.01. The van der Waals surface area contributed by atoms with Crippen molar-refractivity contribution in [1.29, 1.82) is 0 Å². The number of nitrogens with zero attached hydrogens (tertiary/aromatic N) is 4. The zero-order chi connectivity index (χ0) is 27.3. The van der Waals surface area contributed by atoms with E-state index in [1.807, 2.05) is 25.1 Å². The molecule has 1 aliphatic heterocycles. The first-order valence-corrected chi connectivity index (χ1v) is 13.8. The van der Waals surface area contributed by atoms with Gasteiger partial charge in [-0.15, -0.1) is 24.5 Å². The second kappa shape index (κ2) is 12.6. The van der Waals surface area contributed by atoms with E-state index in [9.17, 15) is 27.0 Å². The average molecular weight is 575 g/mol. The van der Waals surface area contributed by atoms with Gasteiger partial charge in [0, 0.05) is 51.9 Å². The van der Waals surface area contributed by atoms with Gasteiger partial charge in [0.2, 0.25) is 0 Å². The number of piperazine rings is 1. The monoisotopic (exact) mass is 574 g/mol. The maximum atomic E-state index is 12.4. The van der Waals surface area contributed by atoms with E-state index >= 15 is 0 Å². The number of ether oxygens (including phenoxy) is 2. The van der Waals surface area contributed by atoms with Gasteiger partial charge in [-0.3, -0.25) is 18.7 Å². The highest BCUT2D eigenvalue weighted by atomic mass is 32.2. The lowest BCUT2D eigenvalue weighted by atomic mass is 10.2. The highest BCUT2D eigenvalue weighted by Crippen LogP contribution is 2.27. The van der Waals surface area contributed by atoms with Crippen LogP contribution in [0.25, 0.3) is 10.2 Å². The number of benzene rings is 2. The van der Waals surface area contributed by atoms with Crippen LogP contribution in [0, 0.1) is 6.92 Å². The zero-order valence-electron chi connectivity index (χ0n) is 20.6. The Bertz CT molecular complexity index is 1220. The Kier molecular flexibility index (Phi) is 9.44. The Morgan fingerprint density at radius 1 is 1.11 bits per heavy atom. The van der Waals surface area contributed by atoms with Crippen molar-refractivity contribution >= 4 is 38.5 Å². The van der Waals surface area contributed by atoms with E-state index in [-0.39, 0.29) is 13.2 Å². The van der Waals surface area contributed by atoms with E-state index in [4.69, 9.17) is 4.74 Å². The Morgan fingerprint density at radius 3 is 2.42 bits per heavy atom. The standard InChI is InChI=1S/C24H29F3N4O5S2/c1-17-28-22-14-21(6-7-23(22)37-17)35-16-19(32)15-30-10-8-29(9-11-30)12-13-31(38(33)34)18-2-4-20(5-3-18)36-24(25,26)27/h2-7,14,19,32H,8-13,15-16H2,1H3,(H,33,34). The molecule has 4 rings (SSSR count). The molecule has 0 saturated carbocycles. The van der Waals surface area contributed by atoms with Crippen molar-refractivity contribution in [2.75, 3.05) is 56.7 Å². The van der Waals surface area contributed by atoms with Crippen molar-refractivity contribution in [3.63, 3.8) is 0 Å². The minimum Gasteiger partial charge on any atom is -0.491 e. The van der Waals surface area contributed by atoms with Gasteiger partial charge in [0.1, 0.15) is 24.2 Å². The minimum absolute atomic E-state index is 0.166. The zero-order valence-corrected chi connectivity index (χ0v) is 22.3. The highest BCUT2D eigenvalue weighted by molar-refractivity contribution is 7.80. The number of anilines is 1. The summed E-state index contributed by atoms with van der Waals surface area (Å²) in [5.74, 6) is 0.268. The van der Waals surface area contributed by atoms with Gasteiger partial charge in [-0.1, -0.05) is 0 Å². The van der Waals surface area contributed by atoms with Crippen LogP contribution in [0.5, 0.6) is 11.5 Å². The normalized spacial score (nSPS) is 16.9. The molecule has 0 aliphatic carbocycles. The van der Waals surface area contributed by atoms with Crippen molar-refractivity contribution in [2.45, 2.75) is 19.4 Å². The van der Waals surface area contributed by atoms with Crippen LogP contribution in [0.2, 0.25) is 0 Å². The number of thiazole rings is 1. The largest absolute Gasteiger partial charge is 0.573 e. The third kappa shape index (κ3) is 8.25. The van der Waals surface area contributed by atoms with E-state index in [1.54, 1.807) is 11.3 Å². The number of halogens is 3. The Morgan fingerprint density at radius 2 is 1.76 bits per heavy atom. The number of hydrogen-bond donors (Lipinski definition) is 2. The lowest BCUT2D eigenvalue weighted by molar-refractivity contribution is -0.274. The van der Waals surface area contributed by atoms with E-state index in [0.717, 1.165) is 27.4 Å². The Hall–Kier alpha value is -2.49. The molecule has 1 saturated heterocycles. The average Bonchev–Trinajstić information content (AvgIpc) is 3.23. The lowest BCUT2D eigenvalue weighted by Gasteiger charge is -2.36. The molecule has 0 radical (unpaired) electrons. The maximum Gasteiger partial charge on any atom is 0.573 e. The number of fused-ring (bicyclic) bond motifs is 1. The molecule has 1 aromatic heterocycles. The fraction of sp³-hybridized carbons (Fsp3) is 0.458. The molecule has 2 heterocycles. The van der Waals surface area contributed by atoms with E-state index in [2.05, 4.69) is 19.5 Å². The van der Waals surface area contributed by atoms with Gasteiger partial charge in [-0.25, -0.2) is 9.19 Å². The Labute approximate surface area is 224 Å². The van der Waals surface area contributed by atoms with Gasteiger partial charge in [-0.2, -0.15) is 0 Å². The van der Waals surface area contributed by atoms with Gasteiger partial charge >= 0.3 is 6.36 Å². The molecule has 0 amide bonds. The topological polar surface area (TPSA) is 98.6 Å². The van der Waals surface area contributed by atoms with E-state index in [0.29, 0.717) is 50.7 Å². The van der Waals surface area contributed by atoms with Crippen LogP contribution in [-0.4, -0.2) is 93.5 Å². The van der Waals surface area contributed by atoms with Crippen LogP contribution in [0.4, 0.5) is 18.9 Å². The quantitative estimate of drug-likeness (QED) is 0.336. The number of aromatic nitrogens is 1. The van der Waals surface area contributed by atoms with Crippen LogP contribution in [0.1, 0.15) is 5.01 Å². The number of hydrogen-bond acceptors (Lipinski definition) is 8. The molecular weight excluding hydrogens is 545 g/mol. The Balaban J connectivity index is 1.19. The van der Waals surface area contributed by atoms with Crippen molar-refractivity contribution in [1.82, 2.24) is 14.8 Å². The fourth-order valence-electron chi connectivity index (χ4n) is 4.19. The number of rotatable bonds is 11. The molecule has 1 fully saturated rings. The number of aryl methyl sites for hydroxylation is 1. The third-order valence-corrected chi connectivity index (χ3v) is 7.73. The van der Waals surface area contributed by atoms with Crippen molar-refractivity contribution < 1.29 is 36.5 Å². The first-order valence-electron chi connectivity index (χ1n) is 11.9. The summed E-state index contributed by atoms with van der Waals surface area (Å²) in [7, 11) is 0. The van der Waals surface area contributed by atoms with E-state index < -0.39 is 29.5 Å². The van der Waals surface area contributed by atoms with Crippen LogP contribution in [-0.2, 0) is 11.3 Å². The number of aliphatic hydroxyl groups is 1. The summed E-state index contributed by atoms with van der Waals surface area (Å²) < 4.78 is 70.5. The second-order valence-corrected chi connectivity index (χ2v) is 11.0. The van der Waals surface area contributed by atoms with Crippen molar-refractivity contribution in [3.8, 4) is 11.5 Å². The van der Waals surface area contributed by atoms with Crippen molar-refractivity contribution in [2.24, 2.45) is 0 Å². The summed E-state index contributed by atoms with van der Waals surface area (Å²) in [6.07, 6.45) is -5.46. The highest BCUT2D eigenvalue weighted by Gasteiger charge is 2.31. The molecule has 0 spiro atoms. The van der Waals surface area contributed by atoms with Gasteiger partial charge in [0.05, 0.1) is 20.9 Å². The summed E-state index contributed by atoms with van der Waals surface area (Å²) in [6, 6.07) is 10.5. The van der Waals surface area contributed by atoms with Crippen LogP contribution in [0.3, 0.4) is 0 Å². The summed E-state index contributed by atoms with van der Waals surface area (Å²) in [6.45, 7) is 6.13. The molecule has 9 nitrogen and oxygen atoms in total. The minimum atomic E-state index is -4.80. The summed E-state index contributed by atoms with van der Waals surface area (Å²) in [5, 5.41) is 11.4.